The summed E-state index contributed by atoms with van der Waals surface area (Å²) in [5.41, 5.74) is 1.16. The van der Waals surface area contributed by atoms with Gasteiger partial charge >= 0.3 is 0 Å². The van der Waals surface area contributed by atoms with Gasteiger partial charge in [0.2, 0.25) is 0 Å². The van der Waals surface area contributed by atoms with Crippen LogP contribution in [0.1, 0.15) is 5.56 Å². The highest BCUT2D eigenvalue weighted by molar-refractivity contribution is 14.1. The van der Waals surface area contributed by atoms with Crippen molar-refractivity contribution in [3.05, 3.63) is 40.5 Å². The average Bonchev–Trinajstić information content (AvgIpc) is 1.95. The van der Waals surface area contributed by atoms with Gasteiger partial charge in [0.15, 0.2) is 0 Å². The molecule has 1 radical (unpaired) electrons. The van der Waals surface area contributed by atoms with Crippen LogP contribution in [-0.4, -0.2) is 0 Å². The monoisotopic (exact) mass is 247 g/mol. The minimum absolute atomic E-state index is 0.594. The van der Waals surface area contributed by atoms with Crippen molar-refractivity contribution in [2.45, 2.75) is 6.61 Å². The summed E-state index contributed by atoms with van der Waals surface area (Å²) >= 11 is 2.27. The lowest BCUT2D eigenvalue weighted by molar-refractivity contribution is 0.229. The van der Waals surface area contributed by atoms with Gasteiger partial charge in [0.25, 0.3) is 0 Å². The summed E-state index contributed by atoms with van der Waals surface area (Å²) in [6.07, 6.45) is 0. The zero-order chi connectivity index (χ0) is 7.40. The van der Waals surface area contributed by atoms with E-state index in [4.69, 9.17) is 4.74 Å². The van der Waals surface area contributed by atoms with Crippen molar-refractivity contribution in [3.8, 4) is 0 Å². The van der Waals surface area contributed by atoms with Gasteiger partial charge in [0.1, 0.15) is 0 Å². The first kappa shape index (κ1) is 8.01. The fourth-order valence-corrected chi connectivity index (χ4v) is 1.06. The van der Waals surface area contributed by atoms with Crippen LogP contribution in [0.3, 0.4) is 0 Å². The lowest BCUT2D eigenvalue weighted by Gasteiger charge is -1.97. The van der Waals surface area contributed by atoms with E-state index in [0.29, 0.717) is 6.61 Å². The van der Waals surface area contributed by atoms with Crippen LogP contribution in [0.25, 0.3) is 0 Å². The Hall–Kier alpha value is -0.0900. The Kier molecular flexibility index (Phi) is 3.15. The summed E-state index contributed by atoms with van der Waals surface area (Å²) in [5, 5.41) is 0. The quantitative estimate of drug-likeness (QED) is 0.730. The molecule has 0 aliphatic rings. The van der Waals surface area contributed by atoms with E-state index >= 15 is 0 Å². The second-order valence-corrected chi connectivity index (χ2v) is 3.22. The van der Waals surface area contributed by atoms with Crippen molar-refractivity contribution in [2.24, 2.45) is 0 Å². The molecule has 0 N–H and O–H groups in total. The molecule has 53 valence electrons. The van der Waals surface area contributed by atoms with E-state index in [1.165, 1.54) is 3.57 Å². The summed E-state index contributed by atoms with van der Waals surface area (Å²) in [5.74, 6) is 0. The molecule has 10 heavy (non-hydrogen) atoms. The van der Waals surface area contributed by atoms with Crippen molar-refractivity contribution >= 4 is 22.6 Å². The van der Waals surface area contributed by atoms with Crippen LogP contribution in [0.15, 0.2) is 24.3 Å². The molecular formula is C8H8IO. The predicted molar refractivity (Wildman–Crippen MR) is 49.3 cm³/mol. The third-order valence-corrected chi connectivity index (χ3v) is 1.90. The van der Waals surface area contributed by atoms with Gasteiger partial charge in [-0.2, -0.15) is 0 Å². The van der Waals surface area contributed by atoms with Crippen molar-refractivity contribution in [3.63, 3.8) is 0 Å². The Morgan fingerprint density at radius 2 is 1.90 bits per heavy atom. The molecule has 0 saturated heterocycles. The van der Waals surface area contributed by atoms with E-state index in [1.807, 2.05) is 12.1 Å². The highest BCUT2D eigenvalue weighted by atomic mass is 127. The van der Waals surface area contributed by atoms with Gasteiger partial charge in [-0.25, -0.2) is 0 Å². The van der Waals surface area contributed by atoms with Crippen molar-refractivity contribution in [2.75, 3.05) is 0 Å². The molecule has 0 amide bonds. The highest BCUT2D eigenvalue weighted by Crippen LogP contribution is 2.06. The second-order valence-electron chi connectivity index (χ2n) is 1.97. The number of halogens is 1. The Balaban J connectivity index is 2.69. The summed E-state index contributed by atoms with van der Waals surface area (Å²) in [6, 6.07) is 8.17. The first-order valence-corrected chi connectivity index (χ1v) is 4.02. The normalized spacial score (nSPS) is 9.80. The fraction of sp³-hybridized carbons (Fsp3) is 0.125. The molecule has 2 heteroatoms. The Morgan fingerprint density at radius 3 is 2.40 bits per heavy atom. The maximum absolute atomic E-state index is 4.72. The maximum atomic E-state index is 4.72. The molecule has 1 aromatic rings. The molecule has 0 atom stereocenters. The van der Waals surface area contributed by atoms with Crippen LogP contribution in [-0.2, 0) is 11.3 Å². The molecule has 0 bridgehead atoms. The standard InChI is InChI=1S/C8H8IO/c1-10-6-7-2-4-8(9)5-3-7/h2-5H,1,6H2. The van der Waals surface area contributed by atoms with Gasteiger partial charge in [-0.1, -0.05) is 12.1 Å². The topological polar surface area (TPSA) is 9.23 Å². The molecule has 0 spiro atoms. The molecule has 0 aliphatic carbocycles. The molecule has 0 aromatic heterocycles. The van der Waals surface area contributed by atoms with E-state index in [2.05, 4.69) is 41.8 Å². The number of rotatable bonds is 2. The number of hydrogen-bond donors (Lipinski definition) is 0. The first-order chi connectivity index (χ1) is 4.83. The fourth-order valence-electron chi connectivity index (χ4n) is 0.698. The minimum Gasteiger partial charge on any atom is -0.374 e. The zero-order valence-electron chi connectivity index (χ0n) is 5.51. The molecule has 1 rings (SSSR count). The lowest BCUT2D eigenvalue weighted by atomic mass is 10.2. The third kappa shape index (κ3) is 2.27. The van der Waals surface area contributed by atoms with Gasteiger partial charge in [0, 0.05) is 3.57 Å². The predicted octanol–water partition coefficient (Wildman–Crippen LogP) is 2.60. The van der Waals surface area contributed by atoms with Crippen LogP contribution in [0.5, 0.6) is 0 Å². The zero-order valence-corrected chi connectivity index (χ0v) is 7.67. The van der Waals surface area contributed by atoms with Crippen LogP contribution < -0.4 is 0 Å². The van der Waals surface area contributed by atoms with Crippen molar-refractivity contribution in [1.82, 2.24) is 0 Å². The first-order valence-electron chi connectivity index (χ1n) is 2.94. The van der Waals surface area contributed by atoms with E-state index in [0.717, 1.165) is 5.56 Å². The molecule has 0 heterocycles. The minimum atomic E-state index is 0.594. The number of hydrogen-bond acceptors (Lipinski definition) is 1. The Labute approximate surface area is 74.5 Å². The summed E-state index contributed by atoms with van der Waals surface area (Å²) in [4.78, 5) is 0. The van der Waals surface area contributed by atoms with Gasteiger partial charge in [-0.3, -0.25) is 0 Å². The van der Waals surface area contributed by atoms with Crippen LogP contribution in [0.2, 0.25) is 0 Å². The van der Waals surface area contributed by atoms with Crippen molar-refractivity contribution in [1.29, 1.82) is 0 Å². The summed E-state index contributed by atoms with van der Waals surface area (Å²) < 4.78 is 5.96. The molecule has 1 aromatic carbocycles. The molecule has 0 fully saturated rings. The van der Waals surface area contributed by atoms with Gasteiger partial charge in [-0.15, -0.1) is 0 Å². The molecule has 1 nitrogen and oxygen atoms in total. The van der Waals surface area contributed by atoms with Gasteiger partial charge in [-0.05, 0) is 40.3 Å². The second kappa shape index (κ2) is 3.93. The van der Waals surface area contributed by atoms with E-state index in [9.17, 15) is 0 Å². The lowest BCUT2D eigenvalue weighted by Crippen LogP contribution is -1.84. The summed E-state index contributed by atoms with van der Waals surface area (Å²) in [7, 11) is 3.30. The highest BCUT2D eigenvalue weighted by Gasteiger charge is 1.89. The molecule has 0 saturated carbocycles. The SMILES string of the molecule is [CH2]OCc1ccc(I)cc1. The largest absolute Gasteiger partial charge is 0.374 e. The smallest absolute Gasteiger partial charge is 0.0718 e. The molecule has 0 unspecified atom stereocenters. The third-order valence-electron chi connectivity index (χ3n) is 1.18. The maximum Gasteiger partial charge on any atom is 0.0718 e. The molecule has 0 aliphatic heterocycles. The van der Waals surface area contributed by atoms with E-state index < -0.39 is 0 Å². The number of benzene rings is 1. The Morgan fingerprint density at radius 1 is 1.30 bits per heavy atom. The van der Waals surface area contributed by atoms with Crippen LogP contribution >= 0.6 is 22.6 Å². The summed E-state index contributed by atoms with van der Waals surface area (Å²) in [6.45, 7) is 0.594. The Bertz CT molecular complexity index is 193. The number of ether oxygens (including phenoxy) is 1. The van der Waals surface area contributed by atoms with Gasteiger partial charge in [0.05, 0.1) is 13.7 Å². The van der Waals surface area contributed by atoms with E-state index in [-0.39, 0.29) is 0 Å². The van der Waals surface area contributed by atoms with Crippen LogP contribution in [0.4, 0.5) is 0 Å². The van der Waals surface area contributed by atoms with Crippen molar-refractivity contribution < 1.29 is 4.74 Å². The average molecular weight is 247 g/mol. The van der Waals surface area contributed by atoms with Crippen LogP contribution in [0, 0.1) is 10.7 Å². The molecular weight excluding hydrogens is 239 g/mol. The van der Waals surface area contributed by atoms with Gasteiger partial charge < -0.3 is 4.74 Å². The van der Waals surface area contributed by atoms with E-state index in [1.54, 1.807) is 0 Å².